The molecule has 3 aromatic heterocycles. The van der Waals surface area contributed by atoms with Crippen molar-refractivity contribution >= 4 is 49.1 Å². The number of hydrogen-bond donors (Lipinski definition) is 1. The second kappa shape index (κ2) is 14.4. The largest absolute Gasteiger partial charge is 0.465 e. The van der Waals surface area contributed by atoms with Crippen LogP contribution < -0.4 is 10.6 Å². The smallest absolute Gasteiger partial charge is 0.407 e. The van der Waals surface area contributed by atoms with E-state index in [1.165, 1.54) is 27.7 Å². The summed E-state index contributed by atoms with van der Waals surface area (Å²) >= 11 is 6.89. The Morgan fingerprint density at radius 2 is 1.86 bits per heavy atom. The van der Waals surface area contributed by atoms with E-state index in [1.807, 2.05) is 31.7 Å². The third-order valence-electron chi connectivity index (χ3n) is 10.2. The van der Waals surface area contributed by atoms with Crippen molar-refractivity contribution in [1.82, 2.24) is 24.4 Å². The van der Waals surface area contributed by atoms with Crippen molar-refractivity contribution in [2.75, 3.05) is 24.6 Å². The molecule has 1 saturated heterocycles. The van der Waals surface area contributed by atoms with Crippen molar-refractivity contribution in [3.63, 3.8) is 0 Å². The van der Waals surface area contributed by atoms with Crippen LogP contribution in [0, 0.1) is 5.82 Å². The number of hydrogen-bond acceptors (Lipinski definition) is 8. The Bertz CT molecular complexity index is 2050. The fourth-order valence-electron chi connectivity index (χ4n) is 6.31. The van der Waals surface area contributed by atoms with Gasteiger partial charge in [0.25, 0.3) is 0 Å². The van der Waals surface area contributed by atoms with Crippen LogP contribution in [0.3, 0.4) is 0 Å². The molecular formula is C37H46ClFN6O5Si. The molecule has 1 aliphatic heterocycles. The van der Waals surface area contributed by atoms with Gasteiger partial charge in [-0.25, -0.2) is 23.5 Å². The molecule has 272 valence electrons. The van der Waals surface area contributed by atoms with Crippen molar-refractivity contribution in [3.05, 3.63) is 74.7 Å². The first-order valence-electron chi connectivity index (χ1n) is 17.1. The number of aldehydes is 1. The summed E-state index contributed by atoms with van der Waals surface area (Å²) in [4.78, 5) is 56.1. The molecule has 4 aromatic rings. The number of fused-ring (bicyclic) bond motifs is 1. The second-order valence-electron chi connectivity index (χ2n) is 15.1. The van der Waals surface area contributed by atoms with E-state index in [1.54, 1.807) is 19.2 Å². The summed E-state index contributed by atoms with van der Waals surface area (Å²) in [6, 6.07) is 6.80. The Kier molecular flexibility index (Phi) is 10.8. The predicted molar refractivity (Wildman–Crippen MR) is 201 cm³/mol. The van der Waals surface area contributed by atoms with Crippen molar-refractivity contribution in [2.45, 2.75) is 91.0 Å². The zero-order valence-electron chi connectivity index (χ0n) is 30.6. The average molecular weight is 737 g/mol. The Morgan fingerprint density at radius 3 is 2.49 bits per heavy atom. The van der Waals surface area contributed by atoms with Crippen LogP contribution in [-0.2, 0) is 10.8 Å². The lowest BCUT2D eigenvalue weighted by Gasteiger charge is -2.43. The number of pyridine rings is 2. The molecular weight excluding hydrogens is 691 g/mol. The first-order valence-corrected chi connectivity index (χ1v) is 20.4. The van der Waals surface area contributed by atoms with E-state index >= 15 is 4.39 Å². The van der Waals surface area contributed by atoms with Crippen LogP contribution in [0.25, 0.3) is 28.0 Å². The summed E-state index contributed by atoms with van der Waals surface area (Å²) in [5.74, 6) is -0.539. The number of carboxylic acid groups (broad SMARTS) is 1. The third-order valence-corrected chi connectivity index (χ3v) is 15.0. The standard InChI is InChI=1S/C37H46ClFN6O5Si/c1-21(2)30-32(24(13-15-40-30)14-16-50-51(8,9)37(5,6)7)45-34-26(17-27(38)31(41-34)29-25(20-46)11-10-12-28(29)39)33(42-35(45)47)43-18-23(4)44(36(48)49)19-22(43)3/h10-13,15,17,20-23H,14,16,18-19H2,1-9H3,(H,48,49). The highest BCUT2D eigenvalue weighted by molar-refractivity contribution is 6.74. The van der Waals surface area contributed by atoms with Crippen LogP contribution in [0.1, 0.15) is 76.0 Å². The van der Waals surface area contributed by atoms with E-state index < -0.39 is 32.0 Å². The highest BCUT2D eigenvalue weighted by Gasteiger charge is 2.38. The minimum absolute atomic E-state index is 0.00130. The van der Waals surface area contributed by atoms with Gasteiger partial charge in [-0.05, 0) is 68.1 Å². The molecule has 1 fully saturated rings. The van der Waals surface area contributed by atoms with E-state index in [0.29, 0.717) is 36.1 Å². The number of aromatic nitrogens is 4. The van der Waals surface area contributed by atoms with Gasteiger partial charge in [-0.1, -0.05) is 58.4 Å². The fraction of sp³-hybridized carbons (Fsp3) is 0.459. The van der Waals surface area contributed by atoms with Crippen molar-refractivity contribution in [2.24, 2.45) is 0 Å². The third kappa shape index (κ3) is 7.29. The molecule has 11 nitrogen and oxygen atoms in total. The Hall–Kier alpha value is -4.20. The minimum atomic E-state index is -2.10. The van der Waals surface area contributed by atoms with E-state index in [4.69, 9.17) is 26.0 Å². The van der Waals surface area contributed by atoms with Gasteiger partial charge in [0.15, 0.2) is 20.3 Å². The number of carbonyl (C=O) groups is 2. The van der Waals surface area contributed by atoms with Gasteiger partial charge >= 0.3 is 11.8 Å². The molecule has 0 saturated carbocycles. The monoisotopic (exact) mass is 736 g/mol. The lowest BCUT2D eigenvalue weighted by molar-refractivity contribution is 0.112. The van der Waals surface area contributed by atoms with Gasteiger partial charge in [-0.3, -0.25) is 9.78 Å². The van der Waals surface area contributed by atoms with Gasteiger partial charge in [-0.2, -0.15) is 4.98 Å². The number of benzene rings is 1. The Morgan fingerprint density at radius 1 is 1.16 bits per heavy atom. The van der Waals surface area contributed by atoms with Gasteiger partial charge in [-0.15, -0.1) is 0 Å². The molecule has 2 atom stereocenters. The average Bonchev–Trinajstić information content (AvgIpc) is 3.04. The number of halogens is 2. The number of piperazine rings is 1. The molecule has 1 amide bonds. The fourth-order valence-corrected chi connectivity index (χ4v) is 7.60. The summed E-state index contributed by atoms with van der Waals surface area (Å²) in [5.41, 5.74) is 1.37. The van der Waals surface area contributed by atoms with Crippen molar-refractivity contribution in [1.29, 1.82) is 0 Å². The zero-order valence-corrected chi connectivity index (χ0v) is 32.4. The molecule has 4 heterocycles. The van der Waals surface area contributed by atoms with E-state index in [0.717, 1.165) is 5.56 Å². The van der Waals surface area contributed by atoms with Crippen molar-refractivity contribution in [3.8, 4) is 16.9 Å². The molecule has 0 aliphatic carbocycles. The van der Waals surface area contributed by atoms with Crippen LogP contribution >= 0.6 is 11.6 Å². The number of amides is 1. The summed E-state index contributed by atoms with van der Waals surface area (Å²) in [7, 11) is -2.10. The maximum atomic E-state index is 15.5. The summed E-state index contributed by atoms with van der Waals surface area (Å²) < 4.78 is 23.5. The van der Waals surface area contributed by atoms with Crippen LogP contribution in [-0.4, -0.2) is 82.0 Å². The minimum Gasteiger partial charge on any atom is -0.465 e. The molecule has 1 N–H and O–H groups in total. The molecule has 0 bridgehead atoms. The number of rotatable bonds is 9. The summed E-state index contributed by atoms with van der Waals surface area (Å²) in [6.07, 6.45) is 1.69. The number of carbonyl (C=O) groups excluding carboxylic acids is 1. The van der Waals surface area contributed by atoms with Gasteiger partial charge < -0.3 is 19.3 Å². The van der Waals surface area contributed by atoms with Crippen LogP contribution in [0.15, 0.2) is 41.3 Å². The molecule has 14 heteroatoms. The Labute approximate surface area is 303 Å². The zero-order chi connectivity index (χ0) is 37.6. The first-order chi connectivity index (χ1) is 23.9. The number of anilines is 1. The van der Waals surface area contributed by atoms with Crippen LogP contribution in [0.4, 0.5) is 15.0 Å². The predicted octanol–water partition coefficient (Wildman–Crippen LogP) is 7.71. The van der Waals surface area contributed by atoms with Gasteiger partial charge in [0.2, 0.25) is 0 Å². The first kappa shape index (κ1) is 38.0. The van der Waals surface area contributed by atoms with Crippen LogP contribution in [0.5, 0.6) is 0 Å². The van der Waals surface area contributed by atoms with E-state index in [-0.39, 0.29) is 63.4 Å². The normalized spacial score (nSPS) is 17.0. The summed E-state index contributed by atoms with van der Waals surface area (Å²) in [5, 5.41) is 10.2. The molecule has 0 radical (unpaired) electrons. The lowest BCUT2D eigenvalue weighted by Crippen LogP contribution is -2.58. The van der Waals surface area contributed by atoms with Gasteiger partial charge in [0.05, 0.1) is 27.5 Å². The van der Waals surface area contributed by atoms with Gasteiger partial charge in [0, 0.05) is 49.1 Å². The topological polar surface area (TPSA) is 131 Å². The highest BCUT2D eigenvalue weighted by Crippen LogP contribution is 2.39. The second-order valence-corrected chi connectivity index (χ2v) is 20.3. The highest BCUT2D eigenvalue weighted by atomic mass is 35.5. The Balaban J connectivity index is 1.82. The maximum absolute atomic E-state index is 15.5. The van der Waals surface area contributed by atoms with E-state index in [2.05, 4.69) is 38.8 Å². The van der Waals surface area contributed by atoms with Crippen molar-refractivity contribution < 1.29 is 23.5 Å². The lowest BCUT2D eigenvalue weighted by atomic mass is 10.0. The molecule has 2 unspecified atom stereocenters. The molecule has 1 aromatic carbocycles. The van der Waals surface area contributed by atoms with Gasteiger partial charge in [0.1, 0.15) is 11.6 Å². The quantitative estimate of drug-likeness (QED) is 0.136. The molecule has 5 rings (SSSR count). The summed E-state index contributed by atoms with van der Waals surface area (Å²) in [6.45, 7) is 19.4. The molecule has 1 aliphatic rings. The SMILES string of the molecule is CC(C)c1nccc(CCO[Si](C)(C)C(C)(C)C)c1-n1c(=O)nc(N2CC(C)N(C(=O)O)CC2C)c2cc(Cl)c(-c3c(F)cccc3C=O)nc21. The molecule has 51 heavy (non-hydrogen) atoms. The number of nitrogens with zero attached hydrogens (tertiary/aromatic N) is 6. The maximum Gasteiger partial charge on any atom is 0.407 e. The van der Waals surface area contributed by atoms with E-state index in [9.17, 15) is 19.5 Å². The van der Waals surface area contributed by atoms with Crippen LogP contribution in [0.2, 0.25) is 23.2 Å². The molecule has 0 spiro atoms.